The van der Waals surface area contributed by atoms with Crippen molar-refractivity contribution in [2.75, 3.05) is 6.61 Å². The van der Waals surface area contributed by atoms with Crippen molar-refractivity contribution in [2.24, 2.45) is 5.92 Å². The first kappa shape index (κ1) is 15.8. The van der Waals surface area contributed by atoms with Crippen LogP contribution in [0.15, 0.2) is 18.5 Å². The Bertz CT molecular complexity index is 513. The largest absolute Gasteiger partial charge is 0.466 e. The van der Waals surface area contributed by atoms with E-state index in [0.29, 0.717) is 17.2 Å². The molecule has 1 N–H and O–H groups in total. The maximum Gasteiger partial charge on any atom is 0.308 e. The van der Waals surface area contributed by atoms with Gasteiger partial charge in [0.05, 0.1) is 23.1 Å². The zero-order valence-corrected chi connectivity index (χ0v) is 12.7. The van der Waals surface area contributed by atoms with Crippen LogP contribution in [0.2, 0.25) is 5.02 Å². The third-order valence-corrected chi connectivity index (χ3v) is 4.02. The number of amides is 1. The second kappa shape index (κ2) is 7.41. The molecule has 0 atom stereocenters. The van der Waals surface area contributed by atoms with Crippen LogP contribution in [0.25, 0.3) is 0 Å². The minimum absolute atomic E-state index is 0.0416. The molecule has 114 valence electrons. The second-order valence-corrected chi connectivity index (χ2v) is 5.54. The molecule has 0 aromatic carbocycles. The molecule has 1 heterocycles. The van der Waals surface area contributed by atoms with Crippen LogP contribution in [0.1, 0.15) is 43.0 Å². The number of halogens is 1. The van der Waals surface area contributed by atoms with Gasteiger partial charge in [-0.25, -0.2) is 0 Å². The maximum absolute atomic E-state index is 12.1. The van der Waals surface area contributed by atoms with Crippen molar-refractivity contribution in [3.05, 3.63) is 29.0 Å². The van der Waals surface area contributed by atoms with Crippen molar-refractivity contribution in [3.63, 3.8) is 0 Å². The highest BCUT2D eigenvalue weighted by atomic mass is 35.5. The highest BCUT2D eigenvalue weighted by Crippen LogP contribution is 2.26. The quantitative estimate of drug-likeness (QED) is 0.868. The number of esters is 1. The van der Waals surface area contributed by atoms with Gasteiger partial charge in [0, 0.05) is 18.4 Å². The molecule has 1 aromatic rings. The molecule has 0 spiro atoms. The number of nitrogens with zero attached hydrogens (tertiary/aromatic N) is 1. The zero-order chi connectivity index (χ0) is 15.2. The molecular weight excluding hydrogens is 292 g/mol. The van der Waals surface area contributed by atoms with E-state index in [1.54, 1.807) is 19.2 Å². The van der Waals surface area contributed by atoms with E-state index in [4.69, 9.17) is 16.3 Å². The molecule has 0 bridgehead atoms. The van der Waals surface area contributed by atoms with E-state index in [9.17, 15) is 9.59 Å². The van der Waals surface area contributed by atoms with Crippen LogP contribution in [0.4, 0.5) is 0 Å². The fourth-order valence-electron chi connectivity index (χ4n) is 2.54. The summed E-state index contributed by atoms with van der Waals surface area (Å²) in [7, 11) is 0. The van der Waals surface area contributed by atoms with Gasteiger partial charge in [-0.1, -0.05) is 11.6 Å². The standard InChI is InChI=1S/C15H19ClN2O3/c1-2-21-15(20)10-3-5-11(6-4-10)18-14(19)12-9-17-8-7-13(12)16/h7-11H,2-6H2,1H3,(H,18,19). The number of nitrogens with one attached hydrogen (secondary N) is 1. The minimum atomic E-state index is -0.215. The second-order valence-electron chi connectivity index (χ2n) is 5.13. The summed E-state index contributed by atoms with van der Waals surface area (Å²) in [5.74, 6) is -0.384. The normalized spacial score (nSPS) is 21.6. The van der Waals surface area contributed by atoms with Gasteiger partial charge in [0.25, 0.3) is 5.91 Å². The lowest BCUT2D eigenvalue weighted by Gasteiger charge is -2.27. The van der Waals surface area contributed by atoms with E-state index < -0.39 is 0 Å². The fraction of sp³-hybridized carbons (Fsp3) is 0.533. The topological polar surface area (TPSA) is 68.3 Å². The molecule has 1 amide bonds. The molecule has 1 aliphatic carbocycles. The number of rotatable bonds is 4. The summed E-state index contributed by atoms with van der Waals surface area (Å²) in [6, 6.07) is 1.66. The minimum Gasteiger partial charge on any atom is -0.466 e. The van der Waals surface area contributed by atoms with Gasteiger partial charge in [-0.2, -0.15) is 0 Å². The highest BCUT2D eigenvalue weighted by molar-refractivity contribution is 6.33. The van der Waals surface area contributed by atoms with E-state index >= 15 is 0 Å². The van der Waals surface area contributed by atoms with Crippen molar-refractivity contribution < 1.29 is 14.3 Å². The molecule has 1 saturated carbocycles. The third kappa shape index (κ3) is 4.17. The van der Waals surface area contributed by atoms with Crippen molar-refractivity contribution in [1.82, 2.24) is 10.3 Å². The Balaban J connectivity index is 1.85. The first-order valence-corrected chi connectivity index (χ1v) is 7.56. The van der Waals surface area contributed by atoms with Crippen LogP contribution in [-0.4, -0.2) is 29.5 Å². The van der Waals surface area contributed by atoms with Gasteiger partial charge in [-0.15, -0.1) is 0 Å². The summed E-state index contributed by atoms with van der Waals surface area (Å²) in [5, 5.41) is 3.34. The van der Waals surface area contributed by atoms with Gasteiger partial charge in [-0.05, 0) is 38.7 Å². The van der Waals surface area contributed by atoms with E-state index in [2.05, 4.69) is 10.3 Å². The summed E-state index contributed by atoms with van der Waals surface area (Å²) >= 11 is 5.97. The van der Waals surface area contributed by atoms with Gasteiger partial charge in [0.2, 0.25) is 0 Å². The number of hydrogen-bond donors (Lipinski definition) is 1. The molecule has 0 saturated heterocycles. The Morgan fingerprint density at radius 2 is 2.10 bits per heavy atom. The van der Waals surface area contributed by atoms with Crippen LogP contribution >= 0.6 is 11.6 Å². The number of aromatic nitrogens is 1. The van der Waals surface area contributed by atoms with Crippen molar-refractivity contribution in [3.8, 4) is 0 Å². The van der Waals surface area contributed by atoms with Gasteiger partial charge in [-0.3, -0.25) is 14.6 Å². The first-order chi connectivity index (χ1) is 10.1. The van der Waals surface area contributed by atoms with E-state index in [1.807, 2.05) is 0 Å². The van der Waals surface area contributed by atoms with Crippen molar-refractivity contribution in [2.45, 2.75) is 38.6 Å². The number of carbonyl (C=O) groups is 2. The molecule has 0 unspecified atom stereocenters. The van der Waals surface area contributed by atoms with Gasteiger partial charge >= 0.3 is 5.97 Å². The lowest BCUT2D eigenvalue weighted by molar-refractivity contribution is -0.149. The average Bonchev–Trinajstić information content (AvgIpc) is 2.48. The SMILES string of the molecule is CCOC(=O)C1CCC(NC(=O)c2cnccc2Cl)CC1. The summed E-state index contributed by atoms with van der Waals surface area (Å²) in [5.41, 5.74) is 0.381. The Hall–Kier alpha value is -1.62. The van der Waals surface area contributed by atoms with Crippen LogP contribution in [-0.2, 0) is 9.53 Å². The molecular formula is C15H19ClN2O3. The lowest BCUT2D eigenvalue weighted by atomic mass is 9.86. The molecule has 21 heavy (non-hydrogen) atoms. The molecule has 1 aromatic heterocycles. The zero-order valence-electron chi connectivity index (χ0n) is 12.0. The molecule has 2 rings (SSSR count). The van der Waals surface area contributed by atoms with Gasteiger partial charge in [0.15, 0.2) is 0 Å². The summed E-state index contributed by atoms with van der Waals surface area (Å²) in [6.45, 7) is 2.22. The van der Waals surface area contributed by atoms with Crippen molar-refractivity contribution >= 4 is 23.5 Å². The Morgan fingerprint density at radius 1 is 1.38 bits per heavy atom. The number of hydrogen-bond acceptors (Lipinski definition) is 4. The molecule has 0 aliphatic heterocycles. The third-order valence-electron chi connectivity index (χ3n) is 3.69. The molecule has 0 radical (unpaired) electrons. The summed E-state index contributed by atoms with van der Waals surface area (Å²) < 4.78 is 5.03. The van der Waals surface area contributed by atoms with Crippen molar-refractivity contribution in [1.29, 1.82) is 0 Å². The number of ether oxygens (including phenoxy) is 1. The monoisotopic (exact) mass is 310 g/mol. The summed E-state index contributed by atoms with van der Waals surface area (Å²) in [6.07, 6.45) is 6.03. The fourth-order valence-corrected chi connectivity index (χ4v) is 2.73. The Morgan fingerprint density at radius 3 is 2.71 bits per heavy atom. The lowest BCUT2D eigenvalue weighted by Crippen LogP contribution is -2.39. The van der Waals surface area contributed by atoms with Gasteiger partial charge < -0.3 is 10.1 Å². The van der Waals surface area contributed by atoms with E-state index in [0.717, 1.165) is 25.7 Å². The maximum atomic E-state index is 12.1. The predicted molar refractivity (Wildman–Crippen MR) is 79.1 cm³/mol. The van der Waals surface area contributed by atoms with E-state index in [-0.39, 0.29) is 23.8 Å². The van der Waals surface area contributed by atoms with Crippen LogP contribution in [0.3, 0.4) is 0 Å². The average molecular weight is 311 g/mol. The summed E-state index contributed by atoms with van der Waals surface area (Å²) in [4.78, 5) is 27.7. The van der Waals surface area contributed by atoms with Gasteiger partial charge in [0.1, 0.15) is 0 Å². The molecule has 1 fully saturated rings. The molecule has 6 heteroatoms. The van der Waals surface area contributed by atoms with E-state index in [1.165, 1.54) is 6.20 Å². The van der Waals surface area contributed by atoms with Crippen LogP contribution in [0, 0.1) is 5.92 Å². The Labute approximate surface area is 129 Å². The molecule has 5 nitrogen and oxygen atoms in total. The van der Waals surface area contributed by atoms with Crippen LogP contribution < -0.4 is 5.32 Å². The predicted octanol–water partition coefficient (Wildman–Crippen LogP) is 2.59. The molecule has 1 aliphatic rings. The first-order valence-electron chi connectivity index (χ1n) is 7.18. The Kier molecular flexibility index (Phi) is 5.56. The highest BCUT2D eigenvalue weighted by Gasteiger charge is 2.28. The smallest absolute Gasteiger partial charge is 0.308 e. The number of pyridine rings is 1. The van der Waals surface area contributed by atoms with Crippen LogP contribution in [0.5, 0.6) is 0 Å². The number of carbonyl (C=O) groups excluding carboxylic acids is 2.